The van der Waals surface area contributed by atoms with E-state index in [2.05, 4.69) is 15.4 Å². The molecule has 2 aromatic rings. The number of benzene rings is 1. The van der Waals surface area contributed by atoms with Crippen molar-refractivity contribution in [3.8, 4) is 11.5 Å². The fourth-order valence-electron chi connectivity index (χ4n) is 1.24. The number of nitrogens with zero attached hydrogens (tertiary/aromatic N) is 2. The summed E-state index contributed by atoms with van der Waals surface area (Å²) in [5.41, 5.74) is 3.41. The largest absolute Gasteiger partial charge is 0.454 e. The van der Waals surface area contributed by atoms with Crippen molar-refractivity contribution in [1.29, 1.82) is 0 Å². The molecule has 82 valence electrons. The summed E-state index contributed by atoms with van der Waals surface area (Å²) < 4.78 is 5.62. The van der Waals surface area contributed by atoms with E-state index in [1.54, 1.807) is 12.4 Å². The van der Waals surface area contributed by atoms with Crippen molar-refractivity contribution in [3.05, 3.63) is 42.2 Å². The Hall–Kier alpha value is -2.14. The molecule has 0 aliphatic heterocycles. The van der Waals surface area contributed by atoms with Crippen LogP contribution >= 0.6 is 0 Å². The minimum Gasteiger partial charge on any atom is -0.454 e. The zero-order valence-electron chi connectivity index (χ0n) is 8.84. The molecule has 0 spiro atoms. The molecule has 0 atom stereocenters. The van der Waals surface area contributed by atoms with Crippen LogP contribution in [0.4, 0.5) is 5.95 Å². The van der Waals surface area contributed by atoms with E-state index < -0.39 is 0 Å². The zero-order valence-corrected chi connectivity index (χ0v) is 8.84. The number of ether oxygens (including phenoxy) is 1. The van der Waals surface area contributed by atoms with Crippen LogP contribution in [-0.4, -0.2) is 9.97 Å². The smallest absolute Gasteiger partial charge is 0.237 e. The molecule has 0 radical (unpaired) electrons. The van der Waals surface area contributed by atoms with Crippen molar-refractivity contribution < 1.29 is 4.74 Å². The van der Waals surface area contributed by atoms with Crippen molar-refractivity contribution in [2.24, 2.45) is 5.84 Å². The van der Waals surface area contributed by atoms with Crippen molar-refractivity contribution in [2.75, 3.05) is 5.43 Å². The molecule has 16 heavy (non-hydrogen) atoms. The molecular weight excluding hydrogens is 204 g/mol. The maximum atomic E-state index is 5.62. The van der Waals surface area contributed by atoms with Gasteiger partial charge in [-0.05, 0) is 18.6 Å². The molecule has 5 nitrogen and oxygen atoms in total. The van der Waals surface area contributed by atoms with Gasteiger partial charge in [-0.1, -0.05) is 18.2 Å². The van der Waals surface area contributed by atoms with E-state index in [4.69, 9.17) is 10.6 Å². The van der Waals surface area contributed by atoms with Gasteiger partial charge in [0.15, 0.2) is 5.75 Å². The molecule has 0 aliphatic carbocycles. The first kappa shape index (κ1) is 10.4. The lowest BCUT2D eigenvalue weighted by Crippen LogP contribution is -2.09. The second kappa shape index (κ2) is 4.59. The molecule has 1 heterocycles. The highest BCUT2D eigenvalue weighted by Crippen LogP contribution is 2.23. The van der Waals surface area contributed by atoms with Crippen LogP contribution in [0.2, 0.25) is 0 Å². The Bertz CT molecular complexity index is 470. The molecule has 0 unspecified atom stereocenters. The van der Waals surface area contributed by atoms with E-state index in [1.165, 1.54) is 0 Å². The quantitative estimate of drug-likeness (QED) is 0.605. The van der Waals surface area contributed by atoms with E-state index in [1.807, 2.05) is 31.2 Å². The van der Waals surface area contributed by atoms with E-state index in [0.717, 1.165) is 11.3 Å². The lowest BCUT2D eigenvalue weighted by atomic mass is 10.2. The molecule has 2 rings (SSSR count). The average molecular weight is 216 g/mol. The highest BCUT2D eigenvalue weighted by Gasteiger charge is 2.01. The lowest BCUT2D eigenvalue weighted by Gasteiger charge is -2.07. The summed E-state index contributed by atoms with van der Waals surface area (Å²) >= 11 is 0. The fourth-order valence-corrected chi connectivity index (χ4v) is 1.24. The number of nitrogens with one attached hydrogen (secondary N) is 1. The molecule has 0 aliphatic rings. The summed E-state index contributed by atoms with van der Waals surface area (Å²) in [7, 11) is 0. The van der Waals surface area contributed by atoms with Gasteiger partial charge in [-0.15, -0.1) is 0 Å². The Labute approximate surface area is 93.3 Å². The van der Waals surface area contributed by atoms with Crippen LogP contribution in [0.15, 0.2) is 36.7 Å². The Morgan fingerprint density at radius 1 is 1.19 bits per heavy atom. The van der Waals surface area contributed by atoms with E-state index in [9.17, 15) is 0 Å². The Balaban J connectivity index is 2.18. The number of aryl methyl sites for hydroxylation is 1. The molecule has 3 N–H and O–H groups in total. The van der Waals surface area contributed by atoms with Crippen LogP contribution in [0.1, 0.15) is 5.56 Å². The maximum Gasteiger partial charge on any atom is 0.237 e. The van der Waals surface area contributed by atoms with Crippen molar-refractivity contribution in [2.45, 2.75) is 6.92 Å². The zero-order chi connectivity index (χ0) is 11.4. The number of hydrogen-bond donors (Lipinski definition) is 2. The first-order chi connectivity index (χ1) is 7.79. The van der Waals surface area contributed by atoms with Crippen LogP contribution in [0.25, 0.3) is 0 Å². The number of nitrogens with two attached hydrogens (primary N) is 1. The number of hydrazine groups is 1. The van der Waals surface area contributed by atoms with Gasteiger partial charge in [0.2, 0.25) is 5.95 Å². The molecule has 0 bridgehead atoms. The number of para-hydroxylation sites is 1. The normalized spacial score (nSPS) is 9.88. The van der Waals surface area contributed by atoms with Crippen LogP contribution in [0.5, 0.6) is 11.5 Å². The first-order valence-electron chi connectivity index (χ1n) is 4.82. The Morgan fingerprint density at radius 2 is 1.88 bits per heavy atom. The van der Waals surface area contributed by atoms with Gasteiger partial charge in [0.1, 0.15) is 5.75 Å². The highest BCUT2D eigenvalue weighted by atomic mass is 16.5. The lowest BCUT2D eigenvalue weighted by molar-refractivity contribution is 0.474. The summed E-state index contributed by atoms with van der Waals surface area (Å²) in [5.74, 6) is 6.89. The molecule has 0 amide bonds. The third kappa shape index (κ3) is 2.26. The third-order valence-corrected chi connectivity index (χ3v) is 2.08. The molecular formula is C11H12N4O. The van der Waals surface area contributed by atoms with Gasteiger partial charge >= 0.3 is 0 Å². The number of rotatable bonds is 3. The molecule has 5 heteroatoms. The van der Waals surface area contributed by atoms with Gasteiger partial charge < -0.3 is 4.74 Å². The van der Waals surface area contributed by atoms with Gasteiger partial charge in [0.25, 0.3) is 0 Å². The summed E-state index contributed by atoms with van der Waals surface area (Å²) in [5, 5.41) is 0. The number of hydrogen-bond acceptors (Lipinski definition) is 5. The molecule has 0 saturated carbocycles. The predicted molar refractivity (Wildman–Crippen MR) is 61.1 cm³/mol. The Morgan fingerprint density at radius 3 is 2.50 bits per heavy atom. The van der Waals surface area contributed by atoms with E-state index >= 15 is 0 Å². The summed E-state index contributed by atoms with van der Waals surface area (Å²) in [4.78, 5) is 7.90. The molecule has 0 fully saturated rings. The summed E-state index contributed by atoms with van der Waals surface area (Å²) in [6, 6.07) is 7.75. The van der Waals surface area contributed by atoms with Crippen LogP contribution in [0, 0.1) is 6.92 Å². The van der Waals surface area contributed by atoms with Crippen LogP contribution < -0.4 is 16.0 Å². The molecule has 1 aromatic heterocycles. The Kier molecular flexibility index (Phi) is 2.98. The van der Waals surface area contributed by atoms with Gasteiger partial charge in [-0.2, -0.15) is 0 Å². The predicted octanol–water partition coefficient (Wildman–Crippen LogP) is 1.86. The van der Waals surface area contributed by atoms with Crippen molar-refractivity contribution >= 4 is 5.95 Å². The summed E-state index contributed by atoms with van der Waals surface area (Å²) in [6.45, 7) is 1.98. The van der Waals surface area contributed by atoms with Crippen LogP contribution in [0.3, 0.4) is 0 Å². The number of aromatic nitrogens is 2. The van der Waals surface area contributed by atoms with Gasteiger partial charge in [0.05, 0.1) is 12.4 Å². The standard InChI is InChI=1S/C11H12N4O/c1-8-4-2-3-5-10(8)16-9-6-13-11(15-12)14-7-9/h2-7H,12H2,1H3,(H,13,14,15). The minimum atomic E-state index is 0.358. The van der Waals surface area contributed by atoms with E-state index in [-0.39, 0.29) is 0 Å². The molecule has 0 saturated heterocycles. The average Bonchev–Trinajstić information content (AvgIpc) is 2.33. The van der Waals surface area contributed by atoms with Gasteiger partial charge in [-0.3, -0.25) is 5.43 Å². The SMILES string of the molecule is Cc1ccccc1Oc1cnc(NN)nc1. The van der Waals surface area contributed by atoms with Crippen molar-refractivity contribution in [1.82, 2.24) is 9.97 Å². The maximum absolute atomic E-state index is 5.62. The number of anilines is 1. The van der Waals surface area contributed by atoms with Crippen molar-refractivity contribution in [3.63, 3.8) is 0 Å². The second-order valence-corrected chi connectivity index (χ2v) is 3.25. The van der Waals surface area contributed by atoms with Gasteiger partial charge in [-0.25, -0.2) is 15.8 Å². The number of nitrogen functional groups attached to an aromatic ring is 1. The van der Waals surface area contributed by atoms with E-state index in [0.29, 0.717) is 11.7 Å². The molecule has 1 aromatic carbocycles. The fraction of sp³-hybridized carbons (Fsp3) is 0.0909. The van der Waals surface area contributed by atoms with Gasteiger partial charge in [0, 0.05) is 0 Å². The highest BCUT2D eigenvalue weighted by molar-refractivity contribution is 5.36. The van der Waals surface area contributed by atoms with Crippen LogP contribution in [-0.2, 0) is 0 Å². The minimum absolute atomic E-state index is 0.358. The second-order valence-electron chi connectivity index (χ2n) is 3.25. The summed E-state index contributed by atoms with van der Waals surface area (Å²) in [6.07, 6.45) is 3.13. The topological polar surface area (TPSA) is 73.1 Å². The third-order valence-electron chi connectivity index (χ3n) is 2.08. The monoisotopic (exact) mass is 216 g/mol. The first-order valence-corrected chi connectivity index (χ1v) is 4.82.